The van der Waals surface area contributed by atoms with Crippen LogP contribution in [0.4, 0.5) is 5.69 Å². The molecule has 2 saturated heterocycles. The summed E-state index contributed by atoms with van der Waals surface area (Å²) in [7, 11) is 0. The second-order valence-electron chi connectivity index (χ2n) is 7.09. The summed E-state index contributed by atoms with van der Waals surface area (Å²) in [6.45, 7) is 4.81. The molecule has 0 radical (unpaired) electrons. The van der Waals surface area contributed by atoms with Gasteiger partial charge in [-0.2, -0.15) is 0 Å². The molecular weight excluding hydrogens is 344 g/mol. The summed E-state index contributed by atoms with van der Waals surface area (Å²) in [6, 6.07) is 3.55. The fourth-order valence-corrected chi connectivity index (χ4v) is 6.04. The van der Waals surface area contributed by atoms with Crippen LogP contribution < -0.4 is 4.90 Å². The average molecular weight is 365 g/mol. The van der Waals surface area contributed by atoms with Gasteiger partial charge in [0.25, 0.3) is 5.91 Å². The fourth-order valence-electron chi connectivity index (χ4n) is 4.32. The number of thioether (sulfide) groups is 1. The third-order valence-electron chi connectivity index (χ3n) is 5.44. The molecule has 2 amide bonds. The van der Waals surface area contributed by atoms with Gasteiger partial charge in [0, 0.05) is 29.4 Å². The van der Waals surface area contributed by atoms with Crippen molar-refractivity contribution in [2.75, 3.05) is 17.2 Å². The zero-order valence-electron chi connectivity index (χ0n) is 14.0. The number of rotatable bonds is 1. The van der Waals surface area contributed by atoms with Gasteiger partial charge < -0.3 is 9.80 Å². The molecule has 3 aliphatic rings. The highest BCUT2D eigenvalue weighted by atomic mass is 35.5. The third-order valence-corrected chi connectivity index (χ3v) is 7.16. The van der Waals surface area contributed by atoms with Gasteiger partial charge in [-0.3, -0.25) is 9.59 Å². The van der Waals surface area contributed by atoms with E-state index in [0.717, 1.165) is 41.1 Å². The second-order valence-corrected chi connectivity index (χ2v) is 9.03. The van der Waals surface area contributed by atoms with Gasteiger partial charge in [-0.25, -0.2) is 0 Å². The molecule has 3 heterocycles. The van der Waals surface area contributed by atoms with Gasteiger partial charge in [-0.15, -0.1) is 11.8 Å². The van der Waals surface area contributed by atoms with Crippen molar-refractivity contribution in [1.29, 1.82) is 0 Å². The highest BCUT2D eigenvalue weighted by Gasteiger charge is 2.53. The maximum atomic E-state index is 13.3. The summed E-state index contributed by atoms with van der Waals surface area (Å²) in [6.07, 6.45) is 3.27. The second kappa shape index (κ2) is 5.67. The van der Waals surface area contributed by atoms with E-state index < -0.39 is 0 Å². The van der Waals surface area contributed by atoms with Crippen LogP contribution in [0.5, 0.6) is 0 Å². The number of carbonyl (C=O) groups excluding carboxylic acids is 2. The summed E-state index contributed by atoms with van der Waals surface area (Å²) in [5.74, 6) is 0.873. The molecule has 1 aromatic carbocycles. The molecule has 0 N–H and O–H groups in total. The summed E-state index contributed by atoms with van der Waals surface area (Å²) in [4.78, 5) is 29.2. The lowest BCUT2D eigenvalue weighted by Crippen LogP contribution is -2.52. The quantitative estimate of drug-likeness (QED) is 0.767. The van der Waals surface area contributed by atoms with Crippen molar-refractivity contribution < 1.29 is 9.59 Å². The number of hydrogen-bond donors (Lipinski definition) is 0. The van der Waals surface area contributed by atoms with E-state index in [1.807, 2.05) is 28.9 Å². The number of fused-ring (bicyclic) bond motifs is 2. The maximum absolute atomic E-state index is 13.3. The zero-order valence-corrected chi connectivity index (χ0v) is 15.5. The molecule has 2 fully saturated rings. The van der Waals surface area contributed by atoms with Crippen LogP contribution in [0.15, 0.2) is 12.1 Å². The van der Waals surface area contributed by atoms with Gasteiger partial charge in [0.1, 0.15) is 6.04 Å². The van der Waals surface area contributed by atoms with Crippen LogP contribution >= 0.6 is 23.4 Å². The summed E-state index contributed by atoms with van der Waals surface area (Å²) in [5, 5.41) is 0.722. The van der Waals surface area contributed by atoms with Gasteiger partial charge in [-0.1, -0.05) is 11.6 Å². The topological polar surface area (TPSA) is 40.6 Å². The average Bonchev–Trinajstić information content (AvgIpc) is 3.02. The molecule has 4 nitrogen and oxygen atoms in total. The van der Waals surface area contributed by atoms with Crippen molar-refractivity contribution in [3.63, 3.8) is 0 Å². The van der Waals surface area contributed by atoms with E-state index in [-0.39, 0.29) is 22.7 Å². The smallest absolute Gasteiger partial charge is 0.250 e. The highest BCUT2D eigenvalue weighted by Crippen LogP contribution is 2.48. The molecule has 0 spiro atoms. The Morgan fingerprint density at radius 2 is 2.17 bits per heavy atom. The first-order valence-electron chi connectivity index (χ1n) is 8.47. The van der Waals surface area contributed by atoms with Crippen LogP contribution in [-0.2, 0) is 16.0 Å². The first-order valence-corrected chi connectivity index (χ1v) is 9.83. The van der Waals surface area contributed by atoms with Crippen molar-refractivity contribution in [3.8, 4) is 0 Å². The zero-order chi connectivity index (χ0) is 17.1. The Balaban J connectivity index is 1.69. The summed E-state index contributed by atoms with van der Waals surface area (Å²) >= 11 is 7.93. The summed E-state index contributed by atoms with van der Waals surface area (Å²) in [5.41, 5.74) is 3.17. The van der Waals surface area contributed by atoms with Crippen LogP contribution in [0.1, 0.15) is 37.3 Å². The predicted octanol–water partition coefficient (Wildman–Crippen LogP) is 3.38. The number of carbonyl (C=O) groups is 2. The molecule has 128 valence electrons. The van der Waals surface area contributed by atoms with E-state index in [1.165, 1.54) is 0 Å². The van der Waals surface area contributed by atoms with Crippen molar-refractivity contribution in [1.82, 2.24) is 4.90 Å². The van der Waals surface area contributed by atoms with Crippen LogP contribution in [0.3, 0.4) is 0 Å². The van der Waals surface area contributed by atoms with E-state index in [0.29, 0.717) is 18.7 Å². The Morgan fingerprint density at radius 3 is 2.96 bits per heavy atom. The molecule has 4 rings (SSSR count). The number of nitrogens with zero attached hydrogens (tertiary/aromatic N) is 2. The molecule has 2 unspecified atom stereocenters. The number of hydrogen-bond acceptors (Lipinski definition) is 3. The van der Waals surface area contributed by atoms with E-state index in [1.54, 1.807) is 11.8 Å². The number of anilines is 1. The Hall–Kier alpha value is -1.20. The van der Waals surface area contributed by atoms with Crippen LogP contribution in [0, 0.1) is 6.92 Å². The molecule has 0 saturated carbocycles. The molecular formula is C18H21ClN2O2S. The molecule has 3 aliphatic heterocycles. The molecule has 0 aromatic heterocycles. The monoisotopic (exact) mass is 364 g/mol. The number of amides is 2. The summed E-state index contributed by atoms with van der Waals surface area (Å²) < 4.78 is 0. The predicted molar refractivity (Wildman–Crippen MR) is 97.6 cm³/mol. The SMILES string of the molecule is Cc1cc(Cl)cc2c1N(C(=O)C1CSC3(C)CCC(=O)N13)CCC2. The minimum absolute atomic E-state index is 0.0628. The van der Waals surface area contributed by atoms with Crippen molar-refractivity contribution >= 4 is 40.9 Å². The van der Waals surface area contributed by atoms with Gasteiger partial charge in [-0.05, 0) is 56.4 Å². The van der Waals surface area contributed by atoms with Crippen molar-refractivity contribution in [2.24, 2.45) is 0 Å². The fraction of sp³-hybridized carbons (Fsp3) is 0.556. The number of benzene rings is 1. The molecule has 24 heavy (non-hydrogen) atoms. The molecule has 1 aromatic rings. The lowest BCUT2D eigenvalue weighted by molar-refractivity contribution is -0.136. The standard InChI is InChI=1S/C18H21ClN2O2S/c1-11-8-13(19)9-12-4-3-7-20(16(11)12)17(23)14-10-24-18(2)6-5-15(22)21(14)18/h8-9,14H,3-7,10H2,1-2H3. The Morgan fingerprint density at radius 1 is 1.38 bits per heavy atom. The molecule has 0 bridgehead atoms. The van der Waals surface area contributed by atoms with Crippen LogP contribution in [0.25, 0.3) is 0 Å². The largest absolute Gasteiger partial charge is 0.315 e. The van der Waals surface area contributed by atoms with Gasteiger partial charge in [0.2, 0.25) is 5.91 Å². The van der Waals surface area contributed by atoms with Crippen LogP contribution in [0.2, 0.25) is 5.02 Å². The Kier molecular flexibility index (Phi) is 3.84. The van der Waals surface area contributed by atoms with Gasteiger partial charge >= 0.3 is 0 Å². The van der Waals surface area contributed by atoms with E-state index in [9.17, 15) is 9.59 Å². The number of aryl methyl sites for hydroxylation is 2. The number of halogens is 1. The molecule has 0 aliphatic carbocycles. The highest BCUT2D eigenvalue weighted by molar-refractivity contribution is 8.01. The minimum atomic E-state index is -0.337. The van der Waals surface area contributed by atoms with E-state index in [4.69, 9.17) is 11.6 Å². The maximum Gasteiger partial charge on any atom is 0.250 e. The minimum Gasteiger partial charge on any atom is -0.315 e. The third kappa shape index (κ3) is 2.36. The first kappa shape index (κ1) is 16.3. The first-order chi connectivity index (χ1) is 11.4. The van der Waals surface area contributed by atoms with Crippen molar-refractivity contribution in [3.05, 3.63) is 28.3 Å². The van der Waals surface area contributed by atoms with Gasteiger partial charge in [0.05, 0.1) is 4.87 Å². The lowest BCUT2D eigenvalue weighted by atomic mass is 9.97. The Labute approximate surface area is 151 Å². The van der Waals surface area contributed by atoms with E-state index in [2.05, 4.69) is 6.92 Å². The molecule has 6 heteroatoms. The lowest BCUT2D eigenvalue weighted by Gasteiger charge is -2.36. The van der Waals surface area contributed by atoms with Gasteiger partial charge in [0.15, 0.2) is 0 Å². The van der Waals surface area contributed by atoms with Crippen LogP contribution in [-0.4, -0.2) is 39.9 Å². The van der Waals surface area contributed by atoms with Crippen molar-refractivity contribution in [2.45, 2.75) is 50.4 Å². The normalized spacial score (nSPS) is 29.0. The Bertz CT molecular complexity index is 738. The van der Waals surface area contributed by atoms with E-state index >= 15 is 0 Å². The molecule has 2 atom stereocenters.